The second-order valence-corrected chi connectivity index (χ2v) is 5.71. The summed E-state index contributed by atoms with van der Waals surface area (Å²) in [5.41, 5.74) is 0.935. The number of fused-ring (bicyclic) bond motifs is 2. The number of carbonyl (C=O) groups is 1. The van der Waals surface area contributed by atoms with E-state index in [4.69, 9.17) is 0 Å². The summed E-state index contributed by atoms with van der Waals surface area (Å²) in [6.45, 7) is 1.95. The number of aromatic hydroxyl groups is 1. The highest BCUT2D eigenvalue weighted by atomic mass is 16.3. The summed E-state index contributed by atoms with van der Waals surface area (Å²) < 4.78 is 0. The van der Waals surface area contributed by atoms with Gasteiger partial charge >= 0.3 is 0 Å². The molecular formula is C15H20N2O2. The number of phenols is 1. The van der Waals surface area contributed by atoms with Gasteiger partial charge < -0.3 is 15.7 Å². The Morgan fingerprint density at radius 3 is 2.95 bits per heavy atom. The number of benzene rings is 1. The molecule has 2 fully saturated rings. The molecule has 4 heteroatoms. The number of nitrogens with one attached hydrogen (secondary N) is 2. The van der Waals surface area contributed by atoms with Crippen LogP contribution in [0, 0.1) is 5.92 Å². The maximum absolute atomic E-state index is 12.3. The Bertz CT molecular complexity index is 489. The van der Waals surface area contributed by atoms with Gasteiger partial charge in [-0.3, -0.25) is 4.79 Å². The van der Waals surface area contributed by atoms with Crippen LogP contribution in [0.2, 0.25) is 0 Å². The molecule has 102 valence electrons. The molecule has 3 N–H and O–H groups in total. The van der Waals surface area contributed by atoms with Gasteiger partial charge in [-0.15, -0.1) is 0 Å². The SMILES string of the molecule is CC(NC(=O)C1CC2CCC1N2)c1cccc(O)c1. The fourth-order valence-electron chi connectivity index (χ4n) is 3.31. The molecule has 4 nitrogen and oxygen atoms in total. The molecule has 1 aromatic carbocycles. The van der Waals surface area contributed by atoms with Gasteiger partial charge in [0.05, 0.1) is 12.0 Å². The number of carbonyl (C=O) groups excluding carboxylic acids is 1. The molecule has 0 aliphatic carbocycles. The summed E-state index contributed by atoms with van der Waals surface area (Å²) >= 11 is 0. The molecule has 0 saturated carbocycles. The lowest BCUT2D eigenvalue weighted by atomic mass is 9.88. The quantitative estimate of drug-likeness (QED) is 0.775. The fourth-order valence-corrected chi connectivity index (χ4v) is 3.31. The number of rotatable bonds is 3. The van der Waals surface area contributed by atoms with Crippen LogP contribution in [0.1, 0.15) is 37.8 Å². The number of phenolic OH excluding ortho intramolecular Hbond substituents is 1. The Balaban J connectivity index is 1.63. The number of hydrogen-bond donors (Lipinski definition) is 3. The Labute approximate surface area is 113 Å². The first-order chi connectivity index (χ1) is 9.13. The van der Waals surface area contributed by atoms with Crippen LogP contribution in [-0.2, 0) is 4.79 Å². The second kappa shape index (κ2) is 4.85. The van der Waals surface area contributed by atoms with Crippen LogP contribution in [0.4, 0.5) is 0 Å². The third-order valence-electron chi connectivity index (χ3n) is 4.37. The lowest BCUT2D eigenvalue weighted by Gasteiger charge is -2.22. The minimum atomic E-state index is -0.0706. The maximum Gasteiger partial charge on any atom is 0.225 e. The molecule has 2 aliphatic rings. The molecule has 2 heterocycles. The third-order valence-corrected chi connectivity index (χ3v) is 4.37. The van der Waals surface area contributed by atoms with Crippen molar-refractivity contribution in [1.82, 2.24) is 10.6 Å². The highest BCUT2D eigenvalue weighted by Gasteiger charge is 2.42. The fraction of sp³-hybridized carbons (Fsp3) is 0.533. The van der Waals surface area contributed by atoms with Crippen LogP contribution in [0.25, 0.3) is 0 Å². The van der Waals surface area contributed by atoms with Crippen molar-refractivity contribution in [2.24, 2.45) is 5.92 Å². The molecule has 4 atom stereocenters. The molecular weight excluding hydrogens is 240 g/mol. The van der Waals surface area contributed by atoms with Gasteiger partial charge in [0, 0.05) is 12.1 Å². The zero-order valence-corrected chi connectivity index (χ0v) is 11.1. The molecule has 0 radical (unpaired) electrons. The van der Waals surface area contributed by atoms with Gasteiger partial charge in [0.2, 0.25) is 5.91 Å². The van der Waals surface area contributed by atoms with Crippen LogP contribution < -0.4 is 10.6 Å². The summed E-state index contributed by atoms with van der Waals surface area (Å²) in [5, 5.41) is 16.0. The highest BCUT2D eigenvalue weighted by molar-refractivity contribution is 5.80. The Hall–Kier alpha value is -1.55. The molecule has 1 aromatic rings. The molecule has 2 aliphatic heterocycles. The molecule has 3 rings (SSSR count). The highest BCUT2D eigenvalue weighted by Crippen LogP contribution is 2.33. The van der Waals surface area contributed by atoms with Crippen LogP contribution in [0.5, 0.6) is 5.75 Å². The Morgan fingerprint density at radius 1 is 1.47 bits per heavy atom. The average molecular weight is 260 g/mol. The van der Waals surface area contributed by atoms with Gasteiger partial charge in [0.15, 0.2) is 0 Å². The van der Waals surface area contributed by atoms with Crippen molar-refractivity contribution in [3.8, 4) is 5.75 Å². The minimum Gasteiger partial charge on any atom is -0.508 e. The van der Waals surface area contributed by atoms with Crippen molar-refractivity contribution in [3.05, 3.63) is 29.8 Å². The van der Waals surface area contributed by atoms with Gasteiger partial charge in [-0.1, -0.05) is 12.1 Å². The third kappa shape index (κ3) is 2.45. The van der Waals surface area contributed by atoms with Gasteiger partial charge in [-0.05, 0) is 43.9 Å². The van der Waals surface area contributed by atoms with E-state index in [-0.39, 0.29) is 23.6 Å². The average Bonchev–Trinajstić information content (AvgIpc) is 3.00. The minimum absolute atomic E-state index is 0.0706. The van der Waals surface area contributed by atoms with E-state index in [1.54, 1.807) is 18.2 Å². The topological polar surface area (TPSA) is 61.4 Å². The largest absolute Gasteiger partial charge is 0.508 e. The normalized spacial score (nSPS) is 30.3. The first-order valence-electron chi connectivity index (χ1n) is 6.99. The lowest BCUT2D eigenvalue weighted by molar-refractivity contribution is -0.126. The first kappa shape index (κ1) is 12.5. The molecule has 2 bridgehead atoms. The Kier molecular flexibility index (Phi) is 3.19. The van der Waals surface area contributed by atoms with Crippen molar-refractivity contribution < 1.29 is 9.90 Å². The number of amides is 1. The van der Waals surface area contributed by atoms with E-state index >= 15 is 0 Å². The van der Waals surface area contributed by atoms with Gasteiger partial charge in [0.1, 0.15) is 5.75 Å². The van der Waals surface area contributed by atoms with Crippen molar-refractivity contribution in [3.63, 3.8) is 0 Å². The predicted molar refractivity (Wildman–Crippen MR) is 72.7 cm³/mol. The van der Waals surface area contributed by atoms with Crippen molar-refractivity contribution in [1.29, 1.82) is 0 Å². The standard InChI is InChI=1S/C15H20N2O2/c1-9(10-3-2-4-12(18)7-10)16-15(19)13-8-11-5-6-14(13)17-11/h2-4,7,9,11,13-14,17-18H,5-6,8H2,1H3,(H,16,19). The molecule has 2 saturated heterocycles. The molecule has 1 amide bonds. The molecule has 4 unspecified atom stereocenters. The van der Waals surface area contributed by atoms with Gasteiger partial charge in [-0.2, -0.15) is 0 Å². The summed E-state index contributed by atoms with van der Waals surface area (Å²) in [6.07, 6.45) is 3.28. The van der Waals surface area contributed by atoms with Gasteiger partial charge in [-0.25, -0.2) is 0 Å². The second-order valence-electron chi connectivity index (χ2n) is 5.71. The maximum atomic E-state index is 12.3. The van der Waals surface area contributed by atoms with E-state index in [1.807, 2.05) is 13.0 Å². The smallest absolute Gasteiger partial charge is 0.225 e. The van der Waals surface area contributed by atoms with Crippen molar-refractivity contribution in [2.45, 2.75) is 44.3 Å². The van der Waals surface area contributed by atoms with E-state index in [0.717, 1.165) is 18.4 Å². The van der Waals surface area contributed by atoms with E-state index < -0.39 is 0 Å². The van der Waals surface area contributed by atoms with Crippen LogP contribution in [0.3, 0.4) is 0 Å². The summed E-state index contributed by atoms with van der Waals surface area (Å²) in [4.78, 5) is 12.3. The van der Waals surface area contributed by atoms with Gasteiger partial charge in [0.25, 0.3) is 0 Å². The summed E-state index contributed by atoms with van der Waals surface area (Å²) in [5.74, 6) is 0.481. The van der Waals surface area contributed by atoms with E-state index in [2.05, 4.69) is 10.6 Å². The van der Waals surface area contributed by atoms with Crippen LogP contribution >= 0.6 is 0 Å². The summed E-state index contributed by atoms with van der Waals surface area (Å²) in [7, 11) is 0. The number of hydrogen-bond acceptors (Lipinski definition) is 3. The van der Waals surface area contributed by atoms with E-state index in [1.165, 1.54) is 6.42 Å². The lowest BCUT2D eigenvalue weighted by Crippen LogP contribution is -2.38. The van der Waals surface area contributed by atoms with E-state index in [9.17, 15) is 9.90 Å². The molecule has 0 aromatic heterocycles. The zero-order chi connectivity index (χ0) is 13.4. The molecule has 19 heavy (non-hydrogen) atoms. The first-order valence-corrected chi connectivity index (χ1v) is 6.99. The zero-order valence-electron chi connectivity index (χ0n) is 11.1. The predicted octanol–water partition coefficient (Wildman–Crippen LogP) is 1.71. The van der Waals surface area contributed by atoms with Crippen LogP contribution in [-0.4, -0.2) is 23.1 Å². The van der Waals surface area contributed by atoms with E-state index in [0.29, 0.717) is 12.1 Å². The van der Waals surface area contributed by atoms with Crippen molar-refractivity contribution >= 4 is 5.91 Å². The van der Waals surface area contributed by atoms with Crippen LogP contribution in [0.15, 0.2) is 24.3 Å². The van der Waals surface area contributed by atoms with Crippen molar-refractivity contribution in [2.75, 3.05) is 0 Å². The Morgan fingerprint density at radius 2 is 2.32 bits per heavy atom. The molecule has 0 spiro atoms. The monoisotopic (exact) mass is 260 g/mol. The summed E-state index contributed by atoms with van der Waals surface area (Å²) in [6, 6.07) is 7.88.